The highest BCUT2D eigenvalue weighted by atomic mass is 79.9. The number of rotatable bonds is 6. The molecule has 0 aromatic heterocycles. The van der Waals surface area contributed by atoms with Crippen LogP contribution in [0.2, 0.25) is 0 Å². The fourth-order valence-electron chi connectivity index (χ4n) is 0.821. The minimum atomic E-state index is -0.214. The monoisotopic (exact) mass is 249 g/mol. The molecule has 78 valence electrons. The highest BCUT2D eigenvalue weighted by molar-refractivity contribution is 9.09. The van der Waals surface area contributed by atoms with Gasteiger partial charge in [-0.2, -0.15) is 0 Å². The summed E-state index contributed by atoms with van der Waals surface area (Å²) in [7, 11) is 0. The van der Waals surface area contributed by atoms with Gasteiger partial charge in [0.1, 0.15) is 0 Å². The van der Waals surface area contributed by atoms with E-state index < -0.39 is 0 Å². The fourth-order valence-corrected chi connectivity index (χ4v) is 1.22. The third-order valence-electron chi connectivity index (χ3n) is 2.34. The number of carbonyl (C=O) groups excluding carboxylic acids is 1. The molecule has 0 atom stereocenters. The van der Waals surface area contributed by atoms with Crippen LogP contribution in [0.15, 0.2) is 0 Å². The highest BCUT2D eigenvalue weighted by Gasteiger charge is 2.24. The largest absolute Gasteiger partial charge is 0.356 e. The molecule has 2 nitrogen and oxygen atoms in total. The summed E-state index contributed by atoms with van der Waals surface area (Å²) in [4.78, 5) is 11.5. The zero-order valence-electron chi connectivity index (χ0n) is 8.82. The molecule has 13 heavy (non-hydrogen) atoms. The molecule has 0 fully saturated rings. The lowest BCUT2D eigenvalue weighted by molar-refractivity contribution is -0.129. The van der Waals surface area contributed by atoms with Gasteiger partial charge in [0, 0.05) is 17.3 Å². The van der Waals surface area contributed by atoms with Gasteiger partial charge >= 0.3 is 0 Å². The van der Waals surface area contributed by atoms with Crippen molar-refractivity contribution in [1.29, 1.82) is 0 Å². The lowest BCUT2D eigenvalue weighted by Gasteiger charge is -2.21. The molecule has 1 amide bonds. The highest BCUT2D eigenvalue weighted by Crippen LogP contribution is 2.19. The first-order chi connectivity index (χ1) is 6.04. The van der Waals surface area contributed by atoms with E-state index in [1.807, 2.05) is 20.8 Å². The van der Waals surface area contributed by atoms with Crippen LogP contribution in [0.25, 0.3) is 0 Å². The molecule has 0 aromatic rings. The van der Waals surface area contributed by atoms with Crippen molar-refractivity contribution < 1.29 is 4.79 Å². The quantitative estimate of drug-likeness (QED) is 0.570. The van der Waals surface area contributed by atoms with Gasteiger partial charge in [-0.1, -0.05) is 36.7 Å². The zero-order chi connectivity index (χ0) is 10.3. The number of nitrogens with one attached hydrogen (secondary N) is 1. The van der Waals surface area contributed by atoms with Gasteiger partial charge < -0.3 is 5.32 Å². The van der Waals surface area contributed by atoms with Crippen molar-refractivity contribution in [1.82, 2.24) is 5.32 Å². The average Bonchev–Trinajstić information content (AvgIpc) is 2.12. The molecule has 0 rings (SSSR count). The second kappa shape index (κ2) is 6.41. The Morgan fingerprint density at radius 1 is 1.38 bits per heavy atom. The second-order valence-electron chi connectivity index (χ2n) is 3.89. The summed E-state index contributed by atoms with van der Waals surface area (Å²) in [6.07, 6.45) is 3.06. The van der Waals surface area contributed by atoms with Crippen LogP contribution in [-0.2, 0) is 4.79 Å². The molecular formula is C10H20BrNO. The number of unbranched alkanes of at least 4 members (excludes halogenated alkanes) is 1. The van der Waals surface area contributed by atoms with E-state index in [0.717, 1.165) is 31.1 Å². The van der Waals surface area contributed by atoms with E-state index in [1.165, 1.54) is 0 Å². The van der Waals surface area contributed by atoms with Crippen LogP contribution in [0.1, 0.15) is 40.0 Å². The maximum absolute atomic E-state index is 11.5. The van der Waals surface area contributed by atoms with Gasteiger partial charge in [0.15, 0.2) is 0 Å². The van der Waals surface area contributed by atoms with E-state index in [2.05, 4.69) is 21.2 Å². The number of halogens is 1. The predicted molar refractivity (Wildman–Crippen MR) is 60.1 cm³/mol. The molecule has 0 radical (unpaired) electrons. The van der Waals surface area contributed by atoms with E-state index in [9.17, 15) is 4.79 Å². The number of hydrogen-bond acceptors (Lipinski definition) is 1. The Labute approximate surface area is 89.6 Å². The van der Waals surface area contributed by atoms with E-state index in [-0.39, 0.29) is 11.3 Å². The number of carbonyl (C=O) groups is 1. The molecule has 3 heteroatoms. The minimum Gasteiger partial charge on any atom is -0.356 e. The lowest BCUT2D eigenvalue weighted by Crippen LogP contribution is -2.36. The van der Waals surface area contributed by atoms with Crippen LogP contribution in [0.4, 0.5) is 0 Å². The Morgan fingerprint density at radius 2 is 2.00 bits per heavy atom. The Bertz CT molecular complexity index is 157. The van der Waals surface area contributed by atoms with Gasteiger partial charge in [0.05, 0.1) is 0 Å². The van der Waals surface area contributed by atoms with Crippen LogP contribution in [0.5, 0.6) is 0 Å². The average molecular weight is 250 g/mol. The Kier molecular flexibility index (Phi) is 6.39. The standard InChI is InChI=1S/C10H20BrNO/c1-4-10(2,3)9(13)12-8-6-5-7-11/h4-8H2,1-3H3,(H,12,13). The van der Waals surface area contributed by atoms with E-state index >= 15 is 0 Å². The third kappa shape index (κ3) is 5.29. The molecule has 0 unspecified atom stereocenters. The molecule has 0 aromatic carbocycles. The van der Waals surface area contributed by atoms with E-state index in [4.69, 9.17) is 0 Å². The first kappa shape index (κ1) is 12.9. The van der Waals surface area contributed by atoms with Crippen LogP contribution in [0, 0.1) is 5.41 Å². The summed E-state index contributed by atoms with van der Waals surface area (Å²) in [5.41, 5.74) is -0.214. The maximum atomic E-state index is 11.5. The number of alkyl halides is 1. The van der Waals surface area contributed by atoms with Crippen molar-refractivity contribution in [3.8, 4) is 0 Å². The minimum absolute atomic E-state index is 0.171. The molecular weight excluding hydrogens is 230 g/mol. The van der Waals surface area contributed by atoms with Gasteiger partial charge in [-0.05, 0) is 19.3 Å². The summed E-state index contributed by atoms with van der Waals surface area (Å²) in [6.45, 7) is 6.80. The molecule has 0 spiro atoms. The van der Waals surface area contributed by atoms with Crippen LogP contribution >= 0.6 is 15.9 Å². The fraction of sp³-hybridized carbons (Fsp3) is 0.900. The summed E-state index contributed by atoms with van der Waals surface area (Å²) in [5, 5.41) is 3.96. The molecule has 0 aliphatic carbocycles. The number of amides is 1. The first-order valence-corrected chi connectivity index (χ1v) is 6.01. The van der Waals surface area contributed by atoms with Gasteiger partial charge in [-0.25, -0.2) is 0 Å². The van der Waals surface area contributed by atoms with Gasteiger partial charge in [-0.3, -0.25) is 4.79 Å². The zero-order valence-corrected chi connectivity index (χ0v) is 10.4. The Hall–Kier alpha value is -0.0500. The second-order valence-corrected chi connectivity index (χ2v) is 4.68. The summed E-state index contributed by atoms with van der Waals surface area (Å²) in [6, 6.07) is 0. The molecule has 0 saturated heterocycles. The molecule has 1 N–H and O–H groups in total. The van der Waals surface area contributed by atoms with Crippen molar-refractivity contribution in [3.63, 3.8) is 0 Å². The van der Waals surface area contributed by atoms with Crippen LogP contribution < -0.4 is 5.32 Å². The van der Waals surface area contributed by atoms with Crippen LogP contribution in [0.3, 0.4) is 0 Å². The predicted octanol–water partition coefficient (Wildman–Crippen LogP) is 2.71. The molecule has 0 saturated carbocycles. The van der Waals surface area contributed by atoms with Gasteiger partial charge in [0.2, 0.25) is 5.91 Å². The van der Waals surface area contributed by atoms with E-state index in [0.29, 0.717) is 0 Å². The summed E-state index contributed by atoms with van der Waals surface area (Å²) >= 11 is 3.36. The molecule has 0 aliphatic rings. The normalized spacial score (nSPS) is 11.4. The maximum Gasteiger partial charge on any atom is 0.225 e. The van der Waals surface area contributed by atoms with Crippen molar-refractivity contribution in [2.45, 2.75) is 40.0 Å². The molecule has 0 aliphatic heterocycles. The van der Waals surface area contributed by atoms with Crippen LogP contribution in [-0.4, -0.2) is 17.8 Å². The summed E-state index contributed by atoms with van der Waals surface area (Å²) in [5.74, 6) is 0.171. The van der Waals surface area contributed by atoms with Gasteiger partial charge in [0.25, 0.3) is 0 Å². The van der Waals surface area contributed by atoms with Crippen molar-refractivity contribution in [2.24, 2.45) is 5.41 Å². The van der Waals surface area contributed by atoms with Crippen molar-refractivity contribution in [2.75, 3.05) is 11.9 Å². The Balaban J connectivity index is 3.62. The third-order valence-corrected chi connectivity index (χ3v) is 2.91. The molecule has 0 heterocycles. The SMILES string of the molecule is CCC(C)(C)C(=O)NCCCCBr. The number of hydrogen-bond donors (Lipinski definition) is 1. The van der Waals surface area contributed by atoms with Gasteiger partial charge in [-0.15, -0.1) is 0 Å². The smallest absolute Gasteiger partial charge is 0.225 e. The summed E-state index contributed by atoms with van der Waals surface area (Å²) < 4.78 is 0. The van der Waals surface area contributed by atoms with E-state index in [1.54, 1.807) is 0 Å². The first-order valence-electron chi connectivity index (χ1n) is 4.89. The van der Waals surface area contributed by atoms with Crippen molar-refractivity contribution >= 4 is 21.8 Å². The van der Waals surface area contributed by atoms with Crippen molar-refractivity contribution in [3.05, 3.63) is 0 Å². The molecule has 0 bridgehead atoms. The lowest BCUT2D eigenvalue weighted by atomic mass is 9.89. The topological polar surface area (TPSA) is 29.1 Å². The Morgan fingerprint density at radius 3 is 2.46 bits per heavy atom.